The Morgan fingerprint density at radius 2 is 1.81 bits per heavy atom. The number of nitrogens with one attached hydrogen (secondary N) is 1. The van der Waals surface area contributed by atoms with E-state index in [1.165, 1.54) is 19.3 Å². The molecule has 48 heavy (non-hydrogen) atoms. The highest BCUT2D eigenvalue weighted by molar-refractivity contribution is 6.00. The maximum Gasteiger partial charge on any atom is 0.182 e. The van der Waals surface area contributed by atoms with Crippen LogP contribution in [0.4, 0.5) is 0 Å². The van der Waals surface area contributed by atoms with Gasteiger partial charge < -0.3 is 45.5 Å². The third-order valence-electron chi connectivity index (χ3n) is 14.4. The summed E-state index contributed by atoms with van der Waals surface area (Å²) in [5.41, 5.74) is -4.25. The lowest BCUT2D eigenvalue weighted by atomic mass is 9.42. The zero-order valence-corrected chi connectivity index (χ0v) is 30.0. The van der Waals surface area contributed by atoms with Crippen LogP contribution >= 0.6 is 0 Å². The molecule has 5 rings (SSSR count). The molecule has 7 N–H and O–H groups in total. The monoisotopic (exact) mass is 677 g/mol. The molecule has 0 aromatic rings. The van der Waals surface area contributed by atoms with Crippen molar-refractivity contribution >= 4 is 12.1 Å². The summed E-state index contributed by atoms with van der Waals surface area (Å²) in [4.78, 5) is 26.4. The summed E-state index contributed by atoms with van der Waals surface area (Å²) in [6.07, 6.45) is 3.21. The molecular weight excluding hydrogens is 614 g/mol. The number of unbranched alkanes of at least 4 members (excludes halogenated alkanes) is 3. The number of rotatable bonds is 13. The zero-order valence-electron chi connectivity index (χ0n) is 30.0. The third-order valence-corrected chi connectivity index (χ3v) is 14.4. The van der Waals surface area contributed by atoms with E-state index in [-0.39, 0.29) is 43.2 Å². The van der Waals surface area contributed by atoms with Gasteiger partial charge in [0.25, 0.3) is 0 Å². The fraction of sp³-hybridized carbons (Fsp3) is 0.895. The van der Waals surface area contributed by atoms with Crippen molar-refractivity contribution in [2.75, 3.05) is 13.2 Å². The van der Waals surface area contributed by atoms with Gasteiger partial charge in [-0.25, -0.2) is 0 Å². The molecule has 0 amide bonds. The van der Waals surface area contributed by atoms with Crippen LogP contribution in [0.15, 0.2) is 11.3 Å². The Bertz CT molecular complexity index is 1220. The van der Waals surface area contributed by atoms with Crippen molar-refractivity contribution < 1.29 is 45.0 Å². The van der Waals surface area contributed by atoms with Crippen LogP contribution in [0.2, 0.25) is 0 Å². The Hall–Kier alpha value is -1.40. The number of fused-ring (bicyclic) bond motifs is 5. The summed E-state index contributed by atoms with van der Waals surface area (Å²) in [7, 11) is 0. The van der Waals surface area contributed by atoms with E-state index < -0.39 is 76.2 Å². The minimum atomic E-state index is -1.60. The normalized spacial score (nSPS) is 45.2. The molecule has 274 valence electrons. The fourth-order valence-electron chi connectivity index (χ4n) is 11.4. The highest BCUT2D eigenvalue weighted by Crippen LogP contribution is 2.70. The van der Waals surface area contributed by atoms with Crippen LogP contribution in [0.5, 0.6) is 0 Å². The van der Waals surface area contributed by atoms with Gasteiger partial charge in [-0.1, -0.05) is 53.4 Å². The van der Waals surface area contributed by atoms with Crippen molar-refractivity contribution in [3.8, 4) is 0 Å². The number of carbonyl (C=O) groups is 2. The second-order valence-corrected chi connectivity index (χ2v) is 17.0. The van der Waals surface area contributed by atoms with Gasteiger partial charge in [-0.05, 0) is 87.0 Å². The van der Waals surface area contributed by atoms with E-state index in [1.807, 2.05) is 13.8 Å². The summed E-state index contributed by atoms with van der Waals surface area (Å²) in [5, 5.41) is 72.7. The van der Waals surface area contributed by atoms with Crippen LogP contribution in [0.3, 0.4) is 0 Å². The molecule has 1 heterocycles. The molecule has 0 spiro atoms. The van der Waals surface area contributed by atoms with E-state index >= 15 is 0 Å². The molecule has 15 unspecified atom stereocenters. The number of aliphatic hydroxyl groups is 6. The van der Waals surface area contributed by atoms with E-state index in [0.29, 0.717) is 37.4 Å². The molecule has 5 aliphatic rings. The van der Waals surface area contributed by atoms with Gasteiger partial charge in [0.2, 0.25) is 0 Å². The molecule has 0 aromatic heterocycles. The summed E-state index contributed by atoms with van der Waals surface area (Å²) in [6, 6.07) is 0. The van der Waals surface area contributed by atoms with Gasteiger partial charge in [-0.15, -0.1) is 0 Å². The highest BCUT2D eigenvalue weighted by Gasteiger charge is 2.72. The molecule has 0 radical (unpaired) electrons. The molecule has 1 saturated heterocycles. The Morgan fingerprint density at radius 3 is 2.46 bits per heavy atom. The number of hydrogen-bond acceptors (Lipinski definition) is 10. The van der Waals surface area contributed by atoms with Gasteiger partial charge in [-0.3, -0.25) is 4.79 Å². The van der Waals surface area contributed by atoms with Gasteiger partial charge in [0.1, 0.15) is 12.4 Å². The average Bonchev–Trinajstić information content (AvgIpc) is 3.54. The van der Waals surface area contributed by atoms with Gasteiger partial charge in [0.15, 0.2) is 5.78 Å². The van der Waals surface area contributed by atoms with Crippen LogP contribution < -0.4 is 5.32 Å². The molecule has 0 aromatic carbocycles. The maximum atomic E-state index is 14.5. The van der Waals surface area contributed by atoms with Crippen LogP contribution in [0.1, 0.15) is 112 Å². The van der Waals surface area contributed by atoms with Crippen molar-refractivity contribution in [2.24, 2.45) is 46.3 Å². The number of allylic oxidation sites excluding steroid dienone is 1. The Kier molecular flexibility index (Phi) is 11.0. The van der Waals surface area contributed by atoms with Crippen molar-refractivity contribution in [3.63, 3.8) is 0 Å². The zero-order chi connectivity index (χ0) is 35.4. The largest absolute Gasteiger partial charge is 0.392 e. The first-order chi connectivity index (χ1) is 22.5. The molecule has 10 heteroatoms. The lowest BCUT2D eigenvalue weighted by molar-refractivity contribution is -0.201. The number of Topliss-reactive ketones (excluding diaryl/α,β-unsaturated/α-hetero) is 1. The van der Waals surface area contributed by atoms with Crippen molar-refractivity contribution in [1.29, 1.82) is 0 Å². The third kappa shape index (κ3) is 5.83. The van der Waals surface area contributed by atoms with E-state index in [2.05, 4.69) is 19.2 Å². The van der Waals surface area contributed by atoms with E-state index in [1.54, 1.807) is 13.8 Å². The molecule has 4 fully saturated rings. The van der Waals surface area contributed by atoms with Gasteiger partial charge >= 0.3 is 0 Å². The standard InChI is InChI=1S/C38H63NO9/c1-7-8-9-10-11-23-20-48-33(22(23)3)34(45)37(6,46)28-13-16-38(47)29-24(12-15-35(28,38)4)36(5)25(14-17-40)31(43)27(42)18-26(36)32(44)30(29)39-19-21(2)41/h17,21-28,31,33-34,39,41-43,45-47H,7-16,18-20H2,1-6H3. The Morgan fingerprint density at radius 1 is 1.10 bits per heavy atom. The molecule has 3 saturated carbocycles. The summed E-state index contributed by atoms with van der Waals surface area (Å²) in [5.74, 6) is -2.25. The smallest absolute Gasteiger partial charge is 0.182 e. The van der Waals surface area contributed by atoms with Gasteiger partial charge in [-0.2, -0.15) is 0 Å². The predicted octanol–water partition coefficient (Wildman–Crippen LogP) is 3.04. The SMILES string of the molecule is CCCCCCC1COC(C(O)C(C)(O)C2CCC3(O)C4=C(NCC(C)O)C(=O)C5CC(O)C(O)C(CC=O)C5(C)C4CCC23C)C1C. The maximum absolute atomic E-state index is 14.5. The van der Waals surface area contributed by atoms with Crippen molar-refractivity contribution in [3.05, 3.63) is 11.3 Å². The first kappa shape index (κ1) is 37.8. The minimum Gasteiger partial charge on any atom is -0.392 e. The summed E-state index contributed by atoms with van der Waals surface area (Å²) >= 11 is 0. The molecule has 0 bridgehead atoms. The first-order valence-corrected chi connectivity index (χ1v) is 18.8. The van der Waals surface area contributed by atoms with Crippen LogP contribution in [-0.4, -0.2) is 97.6 Å². The molecule has 15 atom stereocenters. The van der Waals surface area contributed by atoms with E-state index in [4.69, 9.17) is 4.74 Å². The van der Waals surface area contributed by atoms with E-state index in [9.17, 15) is 40.2 Å². The Balaban J connectivity index is 1.51. The topological polar surface area (TPSA) is 177 Å². The van der Waals surface area contributed by atoms with Crippen LogP contribution in [0.25, 0.3) is 0 Å². The Labute approximate surface area is 286 Å². The average molecular weight is 678 g/mol. The summed E-state index contributed by atoms with van der Waals surface area (Å²) < 4.78 is 6.20. The second-order valence-electron chi connectivity index (χ2n) is 17.0. The number of hydrogen-bond donors (Lipinski definition) is 7. The first-order valence-electron chi connectivity index (χ1n) is 18.8. The second kappa shape index (κ2) is 14.0. The molecule has 4 aliphatic carbocycles. The number of ether oxygens (including phenoxy) is 1. The number of aliphatic hydroxyl groups excluding tert-OH is 4. The van der Waals surface area contributed by atoms with E-state index in [0.717, 1.165) is 19.1 Å². The quantitative estimate of drug-likeness (QED) is 0.113. The predicted molar refractivity (Wildman–Crippen MR) is 180 cm³/mol. The number of aldehydes is 1. The lowest BCUT2D eigenvalue weighted by Crippen LogP contribution is -2.67. The van der Waals surface area contributed by atoms with Crippen molar-refractivity contribution in [2.45, 2.75) is 154 Å². The summed E-state index contributed by atoms with van der Waals surface area (Å²) in [6.45, 7) is 12.1. The number of ketones is 1. The molecule has 1 aliphatic heterocycles. The van der Waals surface area contributed by atoms with Crippen molar-refractivity contribution in [1.82, 2.24) is 5.32 Å². The van der Waals surface area contributed by atoms with Gasteiger partial charge in [0.05, 0.1) is 47.9 Å². The molecular formula is C38H63NO9. The van der Waals surface area contributed by atoms with Crippen LogP contribution in [-0.2, 0) is 14.3 Å². The molecule has 10 nitrogen and oxygen atoms in total. The lowest BCUT2D eigenvalue weighted by Gasteiger charge is -2.63. The number of carbonyl (C=O) groups excluding carboxylic acids is 2. The highest BCUT2D eigenvalue weighted by atomic mass is 16.5. The van der Waals surface area contributed by atoms with Gasteiger partial charge in [0, 0.05) is 30.2 Å². The fourth-order valence-corrected chi connectivity index (χ4v) is 11.4. The minimum absolute atomic E-state index is 0.0306. The van der Waals surface area contributed by atoms with Crippen LogP contribution in [0, 0.1) is 46.3 Å².